The Kier molecular flexibility index (Phi) is 6.00. The van der Waals surface area contributed by atoms with Gasteiger partial charge in [-0.25, -0.2) is 4.98 Å². The highest BCUT2D eigenvalue weighted by atomic mass is 32.4. The van der Waals surface area contributed by atoms with E-state index in [0.717, 1.165) is 22.2 Å². The second-order valence-electron chi connectivity index (χ2n) is 10.7. The summed E-state index contributed by atoms with van der Waals surface area (Å²) in [4.78, 5) is 5.13. The molecule has 1 aromatic heterocycles. The molecule has 3 heteroatoms. The molecule has 0 aliphatic heterocycles. The minimum absolute atomic E-state index is 1.00. The van der Waals surface area contributed by atoms with Gasteiger partial charge in [0, 0.05) is 22.4 Å². The molecule has 7 aromatic carbocycles. The van der Waals surface area contributed by atoms with Crippen molar-refractivity contribution in [3.63, 3.8) is 0 Å². The van der Waals surface area contributed by atoms with Crippen molar-refractivity contribution < 1.29 is 0 Å². The van der Waals surface area contributed by atoms with Gasteiger partial charge >= 0.3 is 0 Å². The van der Waals surface area contributed by atoms with Crippen LogP contribution in [-0.4, -0.2) is 4.98 Å². The Bertz CT molecular complexity index is 2260. The molecule has 0 radical (unpaired) electrons. The summed E-state index contributed by atoms with van der Waals surface area (Å²) >= 11 is 6.82. The van der Waals surface area contributed by atoms with Gasteiger partial charge in [0.2, 0.25) is 0 Å². The number of benzene rings is 7. The van der Waals surface area contributed by atoms with Crippen LogP contribution in [0.25, 0.3) is 54.5 Å². The molecule has 198 valence electrons. The smallest absolute Gasteiger partial charge is 0.0788 e. The summed E-state index contributed by atoms with van der Waals surface area (Å²) in [6, 6.07) is 54.0. The Morgan fingerprint density at radius 1 is 0.405 bits per heavy atom. The Morgan fingerprint density at radius 3 is 1.50 bits per heavy atom. The van der Waals surface area contributed by atoms with Crippen molar-refractivity contribution >= 4 is 77.0 Å². The second-order valence-corrected chi connectivity index (χ2v) is 15.2. The van der Waals surface area contributed by atoms with Crippen LogP contribution in [0.5, 0.6) is 0 Å². The van der Waals surface area contributed by atoms with Gasteiger partial charge in [0.25, 0.3) is 0 Å². The molecule has 1 nitrogen and oxygen atoms in total. The first-order chi connectivity index (χ1) is 20.7. The third-order valence-corrected chi connectivity index (χ3v) is 13.2. The highest BCUT2D eigenvalue weighted by molar-refractivity contribution is 8.25. The third-order valence-electron chi connectivity index (χ3n) is 8.31. The molecule has 0 spiro atoms. The molecule has 42 heavy (non-hydrogen) atoms. The van der Waals surface area contributed by atoms with E-state index in [1.165, 1.54) is 48.2 Å². The van der Waals surface area contributed by atoms with E-state index in [1.54, 1.807) is 0 Å². The van der Waals surface area contributed by atoms with Crippen LogP contribution in [0.2, 0.25) is 0 Å². The van der Waals surface area contributed by atoms with Gasteiger partial charge in [0.15, 0.2) is 0 Å². The van der Waals surface area contributed by atoms with Crippen LogP contribution < -0.4 is 15.9 Å². The topological polar surface area (TPSA) is 12.9 Å². The quantitative estimate of drug-likeness (QED) is 0.154. The Balaban J connectivity index is 1.33. The van der Waals surface area contributed by atoms with Crippen LogP contribution in [0, 0.1) is 0 Å². The van der Waals surface area contributed by atoms with E-state index in [4.69, 9.17) is 16.8 Å². The van der Waals surface area contributed by atoms with Crippen molar-refractivity contribution in [1.82, 2.24) is 4.98 Å². The van der Waals surface area contributed by atoms with Crippen LogP contribution in [0.1, 0.15) is 0 Å². The molecule has 8 aromatic rings. The number of pyridine rings is 1. The lowest BCUT2D eigenvalue weighted by Crippen LogP contribution is -2.25. The number of para-hydroxylation sites is 1. The summed E-state index contributed by atoms with van der Waals surface area (Å²) in [7, 11) is 0. The molecule has 0 fully saturated rings. The van der Waals surface area contributed by atoms with Gasteiger partial charge in [-0.2, -0.15) is 0 Å². The molecule has 0 N–H and O–H groups in total. The molecule has 8 rings (SSSR count). The molecule has 0 aliphatic carbocycles. The highest BCUT2D eigenvalue weighted by Crippen LogP contribution is 2.44. The van der Waals surface area contributed by atoms with Gasteiger partial charge in [-0.05, 0) is 61.0 Å². The van der Waals surface area contributed by atoms with E-state index in [-0.39, 0.29) is 0 Å². The highest BCUT2D eigenvalue weighted by Gasteiger charge is 2.26. The molecule has 0 amide bonds. The summed E-state index contributed by atoms with van der Waals surface area (Å²) in [6.07, 6.45) is 0. The number of nitrogens with zero attached hydrogens (tertiary/aromatic N) is 1. The van der Waals surface area contributed by atoms with Gasteiger partial charge in [-0.1, -0.05) is 151 Å². The lowest BCUT2D eigenvalue weighted by Gasteiger charge is -2.25. The number of aromatic nitrogens is 1. The Morgan fingerprint density at radius 2 is 0.881 bits per heavy atom. The van der Waals surface area contributed by atoms with Crippen molar-refractivity contribution in [2.24, 2.45) is 0 Å². The zero-order valence-corrected chi connectivity index (χ0v) is 24.5. The van der Waals surface area contributed by atoms with Gasteiger partial charge in [-0.15, -0.1) is 0 Å². The lowest BCUT2D eigenvalue weighted by atomic mass is 10.0. The predicted octanol–water partition coefficient (Wildman–Crippen LogP) is 9.12. The SMILES string of the molecule is S=P(c1ccc(-c2nc3ccccc3c3ccccc23)cc1)(c1ccc2ccccc2c1)c1ccc2ccccc2c1. The largest absolute Gasteiger partial charge is 0.247 e. The summed E-state index contributed by atoms with van der Waals surface area (Å²) in [5.41, 5.74) is 3.10. The van der Waals surface area contributed by atoms with Crippen molar-refractivity contribution in [3.8, 4) is 11.3 Å². The van der Waals surface area contributed by atoms with E-state index in [9.17, 15) is 0 Å². The average Bonchev–Trinajstić information content (AvgIpc) is 3.07. The molecule has 0 atom stereocenters. The maximum atomic E-state index is 6.82. The maximum Gasteiger partial charge on any atom is 0.0788 e. The second kappa shape index (κ2) is 10.0. The molecule has 1 heterocycles. The minimum Gasteiger partial charge on any atom is -0.247 e. The van der Waals surface area contributed by atoms with E-state index in [1.807, 2.05) is 0 Å². The zero-order chi connectivity index (χ0) is 28.1. The monoisotopic (exact) mass is 571 g/mol. The molecular weight excluding hydrogens is 545 g/mol. The van der Waals surface area contributed by atoms with E-state index in [2.05, 4.69) is 158 Å². The lowest BCUT2D eigenvalue weighted by molar-refractivity contribution is 1.43. The van der Waals surface area contributed by atoms with Crippen molar-refractivity contribution in [1.29, 1.82) is 0 Å². The molecule has 0 bridgehead atoms. The van der Waals surface area contributed by atoms with Crippen molar-refractivity contribution in [2.45, 2.75) is 0 Å². The summed E-state index contributed by atoms with van der Waals surface area (Å²) in [6.45, 7) is 0. The van der Waals surface area contributed by atoms with Gasteiger partial charge < -0.3 is 0 Å². The zero-order valence-electron chi connectivity index (χ0n) is 22.8. The number of hydrogen-bond acceptors (Lipinski definition) is 2. The molecular formula is C39H26NPS. The number of hydrogen-bond donors (Lipinski definition) is 0. The van der Waals surface area contributed by atoms with E-state index in [0.29, 0.717) is 0 Å². The predicted molar refractivity (Wildman–Crippen MR) is 186 cm³/mol. The number of rotatable bonds is 4. The minimum atomic E-state index is -2.37. The third kappa shape index (κ3) is 4.07. The molecule has 0 aliphatic rings. The van der Waals surface area contributed by atoms with Crippen LogP contribution in [-0.2, 0) is 11.8 Å². The first kappa shape index (κ1) is 25.1. The fraction of sp³-hybridized carbons (Fsp3) is 0. The normalized spacial score (nSPS) is 11.9. The summed E-state index contributed by atoms with van der Waals surface area (Å²) in [5.74, 6) is 0. The first-order valence-electron chi connectivity index (χ1n) is 14.2. The van der Waals surface area contributed by atoms with E-state index >= 15 is 0 Å². The average molecular weight is 572 g/mol. The Hall–Kier alpha value is -4.62. The standard InChI is InChI=1S/C39H26NPS/c42-41(33-23-17-27-9-1-3-11-30(27)25-33,34-24-18-28-10-2-4-12-31(28)26-34)32-21-19-29(20-22-32)39-37-15-6-5-13-35(37)36-14-7-8-16-38(36)40-39/h1-26H. The fourth-order valence-corrected chi connectivity index (χ4v) is 9.87. The first-order valence-corrected chi connectivity index (χ1v) is 17.0. The van der Waals surface area contributed by atoms with Crippen LogP contribution in [0.15, 0.2) is 158 Å². The Labute approximate surface area is 250 Å². The van der Waals surface area contributed by atoms with Crippen molar-refractivity contribution in [2.75, 3.05) is 0 Å². The van der Waals surface area contributed by atoms with Crippen LogP contribution >= 0.6 is 6.04 Å². The molecule has 0 saturated heterocycles. The molecule has 0 unspecified atom stereocenters. The van der Waals surface area contributed by atoms with Gasteiger partial charge in [-0.3, -0.25) is 0 Å². The fourth-order valence-electron chi connectivity index (χ4n) is 6.15. The molecule has 0 saturated carbocycles. The van der Waals surface area contributed by atoms with Crippen LogP contribution in [0.3, 0.4) is 0 Å². The maximum absolute atomic E-state index is 6.82. The number of fused-ring (bicyclic) bond motifs is 5. The van der Waals surface area contributed by atoms with Gasteiger partial charge in [0.1, 0.15) is 0 Å². The van der Waals surface area contributed by atoms with E-state index < -0.39 is 6.04 Å². The van der Waals surface area contributed by atoms with Crippen LogP contribution in [0.4, 0.5) is 0 Å². The summed E-state index contributed by atoms with van der Waals surface area (Å²) < 4.78 is 0. The summed E-state index contributed by atoms with van der Waals surface area (Å²) in [5, 5.41) is 12.0. The van der Waals surface area contributed by atoms with Crippen molar-refractivity contribution in [3.05, 3.63) is 158 Å². The van der Waals surface area contributed by atoms with Gasteiger partial charge in [0.05, 0.1) is 11.2 Å².